The fourth-order valence-electron chi connectivity index (χ4n) is 2.15. The van der Waals surface area contributed by atoms with E-state index in [0.717, 1.165) is 0 Å². The number of aliphatic hydroxyl groups is 1. The summed E-state index contributed by atoms with van der Waals surface area (Å²) in [5.41, 5.74) is 0. The molecule has 0 aromatic heterocycles. The second-order valence-electron chi connectivity index (χ2n) is 3.81. The van der Waals surface area contributed by atoms with Crippen LogP contribution in [0.15, 0.2) is 0 Å². The van der Waals surface area contributed by atoms with Crippen LogP contribution in [0.3, 0.4) is 0 Å². The van der Waals surface area contributed by atoms with E-state index in [0.29, 0.717) is 6.54 Å². The van der Waals surface area contributed by atoms with E-state index in [4.69, 9.17) is 9.29 Å². The average Bonchev–Trinajstić information content (AvgIpc) is 2.55. The summed E-state index contributed by atoms with van der Waals surface area (Å²) in [5, 5.41) is 12.4. The van der Waals surface area contributed by atoms with Crippen LogP contribution >= 0.6 is 0 Å². The summed E-state index contributed by atoms with van der Waals surface area (Å²) >= 11 is 0. The quantitative estimate of drug-likeness (QED) is 0.479. The van der Waals surface area contributed by atoms with Gasteiger partial charge in [0.1, 0.15) is 0 Å². The molecule has 0 radical (unpaired) electrons. The van der Waals surface area contributed by atoms with Crippen LogP contribution in [-0.4, -0.2) is 55.2 Å². The minimum absolute atomic E-state index is 0.193. The van der Waals surface area contributed by atoms with Gasteiger partial charge in [-0.3, -0.25) is 4.55 Å². The van der Waals surface area contributed by atoms with Crippen LogP contribution in [-0.2, 0) is 14.9 Å². The lowest BCUT2D eigenvalue weighted by Gasteiger charge is -2.14. The highest BCUT2D eigenvalue weighted by molar-refractivity contribution is 7.85. The van der Waals surface area contributed by atoms with E-state index in [2.05, 4.69) is 5.32 Å². The summed E-state index contributed by atoms with van der Waals surface area (Å²) in [4.78, 5) is 0. The van der Waals surface area contributed by atoms with Gasteiger partial charge in [-0.05, 0) is 0 Å². The molecule has 4 atom stereocenters. The predicted molar refractivity (Wildman–Crippen MR) is 47.4 cm³/mol. The molecular formula is C7H13NO5S. The van der Waals surface area contributed by atoms with Gasteiger partial charge in [0.15, 0.2) is 0 Å². The third-order valence-electron chi connectivity index (χ3n) is 2.73. The van der Waals surface area contributed by atoms with Crippen molar-refractivity contribution in [3.63, 3.8) is 0 Å². The number of rotatable bonds is 2. The highest BCUT2D eigenvalue weighted by atomic mass is 32.2. The fourth-order valence-corrected chi connectivity index (χ4v) is 2.99. The van der Waals surface area contributed by atoms with Crippen molar-refractivity contribution in [1.82, 2.24) is 5.32 Å². The second kappa shape index (κ2) is 3.42. The molecule has 3 N–H and O–H groups in total. The molecule has 2 rings (SSSR count). The topological polar surface area (TPSA) is 95.9 Å². The molecule has 0 aromatic rings. The summed E-state index contributed by atoms with van der Waals surface area (Å²) in [7, 11) is -3.97. The second-order valence-corrected chi connectivity index (χ2v) is 5.31. The molecule has 0 spiro atoms. The van der Waals surface area contributed by atoms with Crippen molar-refractivity contribution in [3.05, 3.63) is 0 Å². The van der Waals surface area contributed by atoms with Crippen molar-refractivity contribution >= 4 is 10.1 Å². The maximum atomic E-state index is 10.7. The first-order valence-corrected chi connectivity index (χ1v) is 6.06. The van der Waals surface area contributed by atoms with E-state index in [1.165, 1.54) is 0 Å². The number of hydrogen-bond acceptors (Lipinski definition) is 5. The summed E-state index contributed by atoms with van der Waals surface area (Å²) in [6.07, 6.45) is -0.877. The highest BCUT2D eigenvalue weighted by Gasteiger charge is 2.46. The Morgan fingerprint density at radius 3 is 2.86 bits per heavy atom. The molecule has 2 fully saturated rings. The Morgan fingerprint density at radius 1 is 1.50 bits per heavy atom. The average molecular weight is 223 g/mol. The van der Waals surface area contributed by atoms with Crippen LogP contribution in [0, 0.1) is 5.92 Å². The zero-order chi connectivity index (χ0) is 10.3. The summed E-state index contributed by atoms with van der Waals surface area (Å²) < 4.78 is 35.3. The van der Waals surface area contributed by atoms with Crippen LogP contribution in [0.5, 0.6) is 0 Å². The number of nitrogens with one attached hydrogen (secondary N) is 1. The molecule has 2 aliphatic heterocycles. The molecule has 0 amide bonds. The third kappa shape index (κ3) is 1.91. The van der Waals surface area contributed by atoms with Crippen molar-refractivity contribution in [2.24, 2.45) is 5.92 Å². The van der Waals surface area contributed by atoms with Gasteiger partial charge in [0.25, 0.3) is 10.1 Å². The number of ether oxygens (including phenoxy) is 1. The van der Waals surface area contributed by atoms with Gasteiger partial charge in [-0.1, -0.05) is 0 Å². The molecule has 2 saturated heterocycles. The van der Waals surface area contributed by atoms with Crippen LogP contribution in [0.25, 0.3) is 0 Å². The first-order valence-electron chi connectivity index (χ1n) is 4.45. The lowest BCUT2D eigenvalue weighted by molar-refractivity contribution is 0.0677. The Morgan fingerprint density at radius 2 is 2.21 bits per heavy atom. The first kappa shape index (κ1) is 10.3. The number of hydrogen-bond donors (Lipinski definition) is 3. The summed E-state index contributed by atoms with van der Waals surface area (Å²) in [6.45, 7) is 0.677. The van der Waals surface area contributed by atoms with Crippen LogP contribution < -0.4 is 5.32 Å². The van der Waals surface area contributed by atoms with Crippen molar-refractivity contribution in [3.8, 4) is 0 Å². The Labute approximate surface area is 82.0 Å². The lowest BCUT2D eigenvalue weighted by Crippen LogP contribution is -2.36. The zero-order valence-corrected chi connectivity index (χ0v) is 8.27. The van der Waals surface area contributed by atoms with Crippen molar-refractivity contribution in [2.75, 3.05) is 18.9 Å². The normalized spacial score (nSPS) is 42.7. The molecule has 14 heavy (non-hydrogen) atoms. The van der Waals surface area contributed by atoms with Gasteiger partial charge in [-0.25, -0.2) is 0 Å². The first-order chi connectivity index (χ1) is 6.47. The molecule has 0 aliphatic carbocycles. The van der Waals surface area contributed by atoms with Gasteiger partial charge in [-0.15, -0.1) is 0 Å². The monoisotopic (exact) mass is 223 g/mol. The number of fused-ring (bicyclic) bond motifs is 1. The zero-order valence-electron chi connectivity index (χ0n) is 7.46. The SMILES string of the molecule is O=S(=O)(O)C[C@H]1CN[C@H]2[C@H]1OC[C@@H]2O. The minimum atomic E-state index is -3.97. The highest BCUT2D eigenvalue weighted by Crippen LogP contribution is 2.27. The molecule has 2 heterocycles. The predicted octanol–water partition coefficient (Wildman–Crippen LogP) is -1.78. The Bertz CT molecular complexity index is 316. The Balaban J connectivity index is 2.04. The van der Waals surface area contributed by atoms with Crippen molar-refractivity contribution in [1.29, 1.82) is 0 Å². The standard InChI is InChI=1S/C7H13NO5S/c9-5-2-13-7-4(1-8-6(5)7)3-14(10,11)12/h4-9H,1-3H2,(H,10,11,12)/t4-,5+,6-,7+/m1/s1. The van der Waals surface area contributed by atoms with E-state index in [1.807, 2.05) is 0 Å². The summed E-state index contributed by atoms with van der Waals surface area (Å²) in [6, 6.07) is -0.193. The largest absolute Gasteiger partial charge is 0.389 e. The van der Waals surface area contributed by atoms with Gasteiger partial charge in [-0.2, -0.15) is 8.42 Å². The molecular weight excluding hydrogens is 210 g/mol. The maximum Gasteiger partial charge on any atom is 0.265 e. The summed E-state index contributed by atoms with van der Waals surface area (Å²) in [5.74, 6) is -0.583. The van der Waals surface area contributed by atoms with Crippen molar-refractivity contribution < 1.29 is 22.8 Å². The van der Waals surface area contributed by atoms with Gasteiger partial charge >= 0.3 is 0 Å². The Kier molecular flexibility index (Phi) is 2.52. The van der Waals surface area contributed by atoms with E-state index in [-0.39, 0.29) is 30.4 Å². The van der Waals surface area contributed by atoms with E-state index in [9.17, 15) is 13.5 Å². The molecule has 7 heteroatoms. The molecule has 0 aromatic carbocycles. The molecule has 6 nitrogen and oxygen atoms in total. The van der Waals surface area contributed by atoms with E-state index in [1.54, 1.807) is 0 Å². The molecule has 2 aliphatic rings. The smallest absolute Gasteiger partial charge is 0.265 e. The molecule has 0 bridgehead atoms. The lowest BCUT2D eigenvalue weighted by atomic mass is 10.0. The van der Waals surface area contributed by atoms with Crippen LogP contribution in [0.2, 0.25) is 0 Å². The Hall–Kier alpha value is -0.210. The van der Waals surface area contributed by atoms with Gasteiger partial charge in [0.2, 0.25) is 0 Å². The van der Waals surface area contributed by atoms with E-state index < -0.39 is 16.2 Å². The maximum absolute atomic E-state index is 10.7. The van der Waals surface area contributed by atoms with Gasteiger partial charge < -0.3 is 15.2 Å². The molecule has 82 valence electrons. The minimum Gasteiger partial charge on any atom is -0.389 e. The van der Waals surface area contributed by atoms with Gasteiger partial charge in [0, 0.05) is 12.5 Å². The third-order valence-corrected chi connectivity index (χ3v) is 3.58. The van der Waals surface area contributed by atoms with E-state index >= 15 is 0 Å². The number of aliphatic hydroxyl groups excluding tert-OH is 1. The van der Waals surface area contributed by atoms with Gasteiger partial charge in [0.05, 0.1) is 30.6 Å². The van der Waals surface area contributed by atoms with Crippen molar-refractivity contribution in [2.45, 2.75) is 18.2 Å². The molecule has 0 unspecified atom stereocenters. The fraction of sp³-hybridized carbons (Fsp3) is 1.00. The molecule has 0 saturated carbocycles. The van der Waals surface area contributed by atoms with Crippen LogP contribution in [0.4, 0.5) is 0 Å². The van der Waals surface area contributed by atoms with Crippen LogP contribution in [0.1, 0.15) is 0 Å².